The summed E-state index contributed by atoms with van der Waals surface area (Å²) in [6, 6.07) is 0.596. The first-order valence-electron chi connectivity index (χ1n) is 4.99. The molecule has 0 spiro atoms. The second-order valence-electron chi connectivity index (χ2n) is 4.04. The lowest BCUT2D eigenvalue weighted by atomic mass is 10.1. The predicted octanol–water partition coefficient (Wildman–Crippen LogP) is 2.49. The molecule has 1 fully saturated rings. The Labute approximate surface area is 75.5 Å². The average molecular weight is 168 g/mol. The van der Waals surface area contributed by atoms with Crippen molar-refractivity contribution in [3.63, 3.8) is 0 Å². The quantitative estimate of drug-likeness (QED) is 0.498. The van der Waals surface area contributed by atoms with Crippen LogP contribution in [0, 0.1) is 11.3 Å². The first-order valence-corrected chi connectivity index (χ1v) is 4.99. The van der Waals surface area contributed by atoms with Crippen LogP contribution in [0.3, 0.4) is 0 Å². The largest absolute Gasteiger partial charge is 0.358 e. The summed E-state index contributed by atoms with van der Waals surface area (Å²) in [4.78, 5) is 2.26. The van der Waals surface area contributed by atoms with Crippen LogP contribution in [0.1, 0.15) is 40.0 Å². The molecule has 0 saturated carbocycles. The monoisotopic (exact) mass is 168 g/mol. The second kappa shape index (κ2) is 3.92. The Balaban J connectivity index is 2.46. The molecule has 70 valence electrons. The van der Waals surface area contributed by atoms with Crippen LogP contribution in [0.2, 0.25) is 0 Å². The molecule has 12 heavy (non-hydrogen) atoms. The number of hydrogen-bond acceptors (Lipinski definition) is 1. The Morgan fingerprint density at radius 3 is 2.58 bits per heavy atom. The summed E-state index contributed by atoms with van der Waals surface area (Å²) in [5.74, 6) is 1.62. The van der Waals surface area contributed by atoms with Gasteiger partial charge in [-0.25, -0.2) is 0 Å². The predicted molar refractivity (Wildman–Crippen MR) is 52.6 cm³/mol. The fraction of sp³-hybridized carbons (Fsp3) is 0.900. The Kier molecular flexibility index (Phi) is 3.12. The third kappa shape index (κ3) is 1.99. The summed E-state index contributed by atoms with van der Waals surface area (Å²) < 4.78 is 0. The van der Waals surface area contributed by atoms with Crippen molar-refractivity contribution in [2.75, 3.05) is 6.54 Å². The van der Waals surface area contributed by atoms with Crippen LogP contribution in [0.15, 0.2) is 0 Å². The molecule has 1 aliphatic heterocycles. The highest BCUT2D eigenvalue weighted by Gasteiger charge is 2.27. The second-order valence-corrected chi connectivity index (χ2v) is 4.04. The molecular weight excluding hydrogens is 148 g/mol. The minimum atomic E-state index is 0.596. The molecule has 0 aromatic carbocycles. The van der Waals surface area contributed by atoms with Gasteiger partial charge in [-0.3, -0.25) is 5.41 Å². The Hall–Kier alpha value is -0.530. The van der Waals surface area contributed by atoms with E-state index in [2.05, 4.69) is 25.7 Å². The van der Waals surface area contributed by atoms with Gasteiger partial charge in [0.1, 0.15) is 0 Å². The van der Waals surface area contributed by atoms with E-state index in [9.17, 15) is 0 Å². The zero-order valence-electron chi connectivity index (χ0n) is 8.43. The zero-order valence-corrected chi connectivity index (χ0v) is 8.43. The summed E-state index contributed by atoms with van der Waals surface area (Å²) in [6.45, 7) is 7.74. The van der Waals surface area contributed by atoms with E-state index in [0.29, 0.717) is 6.04 Å². The highest BCUT2D eigenvalue weighted by molar-refractivity contribution is 5.79. The van der Waals surface area contributed by atoms with Crippen molar-refractivity contribution in [3.05, 3.63) is 0 Å². The van der Waals surface area contributed by atoms with Gasteiger partial charge >= 0.3 is 0 Å². The molecule has 0 bridgehead atoms. The van der Waals surface area contributed by atoms with Crippen molar-refractivity contribution < 1.29 is 0 Å². The van der Waals surface area contributed by atoms with Gasteiger partial charge in [-0.05, 0) is 25.7 Å². The van der Waals surface area contributed by atoms with Crippen molar-refractivity contribution >= 4 is 5.84 Å². The maximum atomic E-state index is 7.83. The third-order valence-electron chi connectivity index (χ3n) is 2.62. The van der Waals surface area contributed by atoms with E-state index in [-0.39, 0.29) is 0 Å². The van der Waals surface area contributed by atoms with E-state index in [1.807, 2.05) is 0 Å². The van der Waals surface area contributed by atoms with Gasteiger partial charge in [0, 0.05) is 19.0 Å². The Bertz CT molecular complexity index is 165. The van der Waals surface area contributed by atoms with Gasteiger partial charge in [0.2, 0.25) is 0 Å². The van der Waals surface area contributed by atoms with Gasteiger partial charge in [0.25, 0.3) is 0 Å². The molecule has 2 nitrogen and oxygen atoms in total. The molecule has 1 heterocycles. The standard InChI is InChI=1S/C10H20N2/c1-4-5-10(11)12-7-8(2)6-9(12)3/h8-9,11H,4-7H2,1-3H3. The van der Waals surface area contributed by atoms with E-state index in [4.69, 9.17) is 5.41 Å². The lowest BCUT2D eigenvalue weighted by Crippen LogP contribution is -2.33. The molecule has 0 radical (unpaired) electrons. The van der Waals surface area contributed by atoms with Gasteiger partial charge in [0.05, 0.1) is 5.84 Å². The first kappa shape index (κ1) is 9.56. The topological polar surface area (TPSA) is 27.1 Å². The SMILES string of the molecule is CCCC(=N)N1CC(C)CC1C. The highest BCUT2D eigenvalue weighted by Crippen LogP contribution is 2.23. The molecule has 2 unspecified atom stereocenters. The fourth-order valence-electron chi connectivity index (χ4n) is 2.06. The molecule has 0 amide bonds. The maximum absolute atomic E-state index is 7.83. The third-order valence-corrected chi connectivity index (χ3v) is 2.62. The van der Waals surface area contributed by atoms with E-state index in [0.717, 1.165) is 31.1 Å². The molecule has 2 atom stereocenters. The van der Waals surface area contributed by atoms with Crippen molar-refractivity contribution in [3.8, 4) is 0 Å². The summed E-state index contributed by atoms with van der Waals surface area (Å²) in [5.41, 5.74) is 0. The lowest BCUT2D eigenvalue weighted by Gasteiger charge is -2.23. The van der Waals surface area contributed by atoms with Crippen LogP contribution in [-0.2, 0) is 0 Å². The minimum absolute atomic E-state index is 0.596. The van der Waals surface area contributed by atoms with Crippen molar-refractivity contribution in [2.24, 2.45) is 5.92 Å². The van der Waals surface area contributed by atoms with Crippen LogP contribution in [0.4, 0.5) is 0 Å². The van der Waals surface area contributed by atoms with Crippen molar-refractivity contribution in [1.29, 1.82) is 5.41 Å². The number of rotatable bonds is 2. The van der Waals surface area contributed by atoms with Crippen molar-refractivity contribution in [2.45, 2.75) is 46.1 Å². The molecule has 1 saturated heterocycles. The number of nitrogens with zero attached hydrogens (tertiary/aromatic N) is 1. The molecule has 0 aromatic heterocycles. The zero-order chi connectivity index (χ0) is 9.14. The Morgan fingerprint density at radius 1 is 1.50 bits per heavy atom. The molecule has 2 heteroatoms. The first-order chi connectivity index (χ1) is 5.65. The normalized spacial score (nSPS) is 29.4. The molecule has 0 aliphatic carbocycles. The number of nitrogens with one attached hydrogen (secondary N) is 1. The minimum Gasteiger partial charge on any atom is -0.358 e. The van der Waals surface area contributed by atoms with E-state index < -0.39 is 0 Å². The van der Waals surface area contributed by atoms with Crippen LogP contribution in [0.5, 0.6) is 0 Å². The lowest BCUT2D eigenvalue weighted by molar-refractivity contribution is 0.399. The molecular formula is C10H20N2. The van der Waals surface area contributed by atoms with Gasteiger partial charge in [-0.2, -0.15) is 0 Å². The fourth-order valence-corrected chi connectivity index (χ4v) is 2.06. The molecule has 1 N–H and O–H groups in total. The summed E-state index contributed by atoms with van der Waals surface area (Å²) in [6.07, 6.45) is 3.29. The van der Waals surface area contributed by atoms with Crippen molar-refractivity contribution in [1.82, 2.24) is 4.90 Å². The van der Waals surface area contributed by atoms with Gasteiger partial charge in [0.15, 0.2) is 0 Å². The van der Waals surface area contributed by atoms with E-state index in [1.165, 1.54) is 6.42 Å². The Morgan fingerprint density at radius 2 is 2.17 bits per heavy atom. The van der Waals surface area contributed by atoms with Gasteiger partial charge in [-0.15, -0.1) is 0 Å². The summed E-state index contributed by atoms with van der Waals surface area (Å²) >= 11 is 0. The number of likely N-dealkylation sites (tertiary alicyclic amines) is 1. The average Bonchev–Trinajstić information content (AvgIpc) is 2.30. The van der Waals surface area contributed by atoms with E-state index >= 15 is 0 Å². The maximum Gasteiger partial charge on any atom is 0.0960 e. The smallest absolute Gasteiger partial charge is 0.0960 e. The highest BCUT2D eigenvalue weighted by atomic mass is 15.2. The van der Waals surface area contributed by atoms with Crippen LogP contribution < -0.4 is 0 Å². The molecule has 0 aromatic rings. The molecule has 1 rings (SSSR count). The molecule has 1 aliphatic rings. The number of hydrogen-bond donors (Lipinski definition) is 1. The van der Waals surface area contributed by atoms with Crippen LogP contribution >= 0.6 is 0 Å². The van der Waals surface area contributed by atoms with Gasteiger partial charge < -0.3 is 4.90 Å². The van der Waals surface area contributed by atoms with Crippen LogP contribution in [0.25, 0.3) is 0 Å². The summed E-state index contributed by atoms with van der Waals surface area (Å²) in [7, 11) is 0. The van der Waals surface area contributed by atoms with E-state index in [1.54, 1.807) is 0 Å². The van der Waals surface area contributed by atoms with Gasteiger partial charge in [-0.1, -0.05) is 13.8 Å². The number of amidine groups is 1. The summed E-state index contributed by atoms with van der Waals surface area (Å²) in [5, 5.41) is 7.83. The van der Waals surface area contributed by atoms with Crippen LogP contribution in [-0.4, -0.2) is 23.3 Å².